The molecule has 0 radical (unpaired) electrons. The summed E-state index contributed by atoms with van der Waals surface area (Å²) in [6.07, 6.45) is 0. The molecule has 9 nitrogen and oxygen atoms in total. The van der Waals surface area contributed by atoms with E-state index < -0.39 is 17.7 Å². The first-order valence-corrected chi connectivity index (χ1v) is 11.1. The lowest BCUT2D eigenvalue weighted by Gasteiger charge is -2.30. The van der Waals surface area contributed by atoms with Crippen LogP contribution in [0.5, 0.6) is 11.5 Å². The molecule has 4 heterocycles. The Morgan fingerprint density at radius 2 is 1.76 bits per heavy atom. The average Bonchev–Trinajstić information content (AvgIpc) is 3.38. The fraction of sp³-hybridized carbons (Fsp3) is 0.417. The molecule has 3 aliphatic heterocycles. The monoisotopic (exact) mass is 454 g/mol. The van der Waals surface area contributed by atoms with Crippen molar-refractivity contribution in [2.45, 2.75) is 13.0 Å². The minimum atomic E-state index is -0.812. The van der Waals surface area contributed by atoms with Crippen LogP contribution in [0, 0.1) is 6.92 Å². The molecular weight excluding hydrogens is 428 g/mol. The molecular formula is C24H26N2O7. The van der Waals surface area contributed by atoms with Crippen LogP contribution in [0.4, 0.5) is 0 Å². The molecule has 0 bridgehead atoms. The first-order valence-electron chi connectivity index (χ1n) is 11.1. The van der Waals surface area contributed by atoms with E-state index in [4.69, 9.17) is 18.6 Å². The summed E-state index contributed by atoms with van der Waals surface area (Å²) in [6.45, 7) is 6.39. The summed E-state index contributed by atoms with van der Waals surface area (Å²) in [5, 5.41) is 11.2. The van der Waals surface area contributed by atoms with Crippen LogP contribution in [-0.2, 0) is 14.3 Å². The summed E-state index contributed by atoms with van der Waals surface area (Å²) in [5.74, 6) is 0.498. The molecule has 0 saturated carbocycles. The number of aliphatic hydroxyl groups is 1. The quantitative estimate of drug-likeness (QED) is 0.417. The summed E-state index contributed by atoms with van der Waals surface area (Å²) in [7, 11) is 0. The molecule has 0 spiro atoms. The van der Waals surface area contributed by atoms with Crippen molar-refractivity contribution >= 4 is 17.4 Å². The fourth-order valence-electron chi connectivity index (χ4n) is 4.43. The van der Waals surface area contributed by atoms with Crippen LogP contribution in [0.15, 0.2) is 40.3 Å². The fourth-order valence-corrected chi connectivity index (χ4v) is 4.43. The Labute approximate surface area is 191 Å². The zero-order chi connectivity index (χ0) is 22.9. The molecule has 1 atom stereocenters. The number of likely N-dealkylation sites (tertiary alicyclic amines) is 1. The zero-order valence-electron chi connectivity index (χ0n) is 18.4. The van der Waals surface area contributed by atoms with Gasteiger partial charge in [0.25, 0.3) is 11.7 Å². The summed E-state index contributed by atoms with van der Waals surface area (Å²) >= 11 is 0. The number of furan rings is 1. The van der Waals surface area contributed by atoms with Crippen LogP contribution < -0.4 is 9.47 Å². The van der Waals surface area contributed by atoms with Crippen LogP contribution in [0.2, 0.25) is 0 Å². The van der Waals surface area contributed by atoms with Crippen LogP contribution >= 0.6 is 0 Å². The second-order valence-corrected chi connectivity index (χ2v) is 8.25. The second-order valence-electron chi connectivity index (χ2n) is 8.25. The van der Waals surface area contributed by atoms with Gasteiger partial charge < -0.3 is 28.6 Å². The van der Waals surface area contributed by atoms with Crippen molar-refractivity contribution in [3.63, 3.8) is 0 Å². The number of benzene rings is 1. The standard InChI is InChI=1S/C24H26N2O7/c1-15-2-4-18(33-15)21-20(22(27)16-3-5-17-19(14-16)32-13-12-31-17)23(28)24(29)26(21)7-6-25-8-10-30-11-9-25/h2-5,14,21,27H,6-13H2,1H3/t21-/m0/s1. The number of hydrogen-bond acceptors (Lipinski definition) is 8. The van der Waals surface area contributed by atoms with Crippen molar-refractivity contribution in [1.29, 1.82) is 0 Å². The molecule has 1 aromatic heterocycles. The van der Waals surface area contributed by atoms with E-state index in [2.05, 4.69) is 4.90 Å². The number of hydrogen-bond donors (Lipinski definition) is 1. The maximum Gasteiger partial charge on any atom is 0.295 e. The van der Waals surface area contributed by atoms with Gasteiger partial charge in [0.1, 0.15) is 36.5 Å². The third kappa shape index (κ3) is 4.09. The van der Waals surface area contributed by atoms with Gasteiger partial charge in [-0.15, -0.1) is 0 Å². The van der Waals surface area contributed by atoms with E-state index in [1.807, 2.05) is 0 Å². The Balaban J connectivity index is 1.51. The smallest absolute Gasteiger partial charge is 0.295 e. The first kappa shape index (κ1) is 21.5. The van der Waals surface area contributed by atoms with Crippen LogP contribution in [-0.4, -0.2) is 79.2 Å². The van der Waals surface area contributed by atoms with E-state index in [1.165, 1.54) is 4.90 Å². The third-order valence-corrected chi connectivity index (χ3v) is 6.15. The Hall–Kier alpha value is -3.30. The lowest BCUT2D eigenvalue weighted by Crippen LogP contribution is -2.42. The molecule has 5 rings (SSSR count). The Morgan fingerprint density at radius 1 is 1.00 bits per heavy atom. The minimum absolute atomic E-state index is 0.00741. The molecule has 1 N–H and O–H groups in total. The lowest BCUT2D eigenvalue weighted by atomic mass is 9.99. The Morgan fingerprint density at radius 3 is 2.48 bits per heavy atom. The lowest BCUT2D eigenvalue weighted by molar-refractivity contribution is -0.140. The summed E-state index contributed by atoms with van der Waals surface area (Å²) in [6, 6.07) is 7.66. The van der Waals surface area contributed by atoms with Crippen molar-refractivity contribution in [3.05, 3.63) is 53.0 Å². The number of carbonyl (C=O) groups excluding carboxylic acids is 2. The van der Waals surface area contributed by atoms with Crippen molar-refractivity contribution in [2.75, 3.05) is 52.6 Å². The highest BCUT2D eigenvalue weighted by atomic mass is 16.6. The Bertz CT molecular complexity index is 1100. The van der Waals surface area contributed by atoms with Gasteiger partial charge in [0, 0.05) is 31.7 Å². The van der Waals surface area contributed by atoms with Gasteiger partial charge in [-0.2, -0.15) is 0 Å². The highest BCUT2D eigenvalue weighted by Gasteiger charge is 2.47. The van der Waals surface area contributed by atoms with Gasteiger partial charge in [0.05, 0.1) is 18.8 Å². The van der Waals surface area contributed by atoms with Gasteiger partial charge in [0.2, 0.25) is 0 Å². The molecule has 1 amide bonds. The number of ether oxygens (including phenoxy) is 3. The molecule has 3 aliphatic rings. The van der Waals surface area contributed by atoms with E-state index in [1.54, 1.807) is 37.3 Å². The molecule has 0 unspecified atom stereocenters. The maximum absolute atomic E-state index is 13.1. The normalized spacial score (nSPS) is 22.7. The molecule has 2 aromatic rings. The number of aliphatic hydroxyl groups excluding tert-OH is 1. The molecule has 1 aromatic carbocycles. The van der Waals surface area contributed by atoms with E-state index >= 15 is 0 Å². The summed E-state index contributed by atoms with van der Waals surface area (Å²) in [4.78, 5) is 29.8. The maximum atomic E-state index is 13.1. The zero-order valence-corrected chi connectivity index (χ0v) is 18.4. The summed E-state index contributed by atoms with van der Waals surface area (Å²) in [5.41, 5.74) is 0.381. The number of morpholine rings is 1. The van der Waals surface area contributed by atoms with Gasteiger partial charge in [-0.3, -0.25) is 14.5 Å². The van der Waals surface area contributed by atoms with Crippen molar-refractivity contribution in [1.82, 2.24) is 9.80 Å². The van der Waals surface area contributed by atoms with E-state index in [0.717, 1.165) is 13.1 Å². The van der Waals surface area contributed by atoms with Gasteiger partial charge in [-0.25, -0.2) is 0 Å². The van der Waals surface area contributed by atoms with Gasteiger partial charge in [-0.1, -0.05) is 0 Å². The number of amides is 1. The first-order chi connectivity index (χ1) is 16.0. The van der Waals surface area contributed by atoms with E-state index in [-0.39, 0.29) is 11.3 Å². The van der Waals surface area contributed by atoms with Crippen molar-refractivity contribution in [3.8, 4) is 11.5 Å². The Kier molecular flexibility index (Phi) is 5.82. The van der Waals surface area contributed by atoms with E-state index in [0.29, 0.717) is 68.1 Å². The number of Topliss-reactive ketones (excluding diaryl/α,β-unsaturated/α-hetero) is 1. The highest BCUT2D eigenvalue weighted by Crippen LogP contribution is 2.41. The minimum Gasteiger partial charge on any atom is -0.507 e. The van der Waals surface area contributed by atoms with Crippen LogP contribution in [0.25, 0.3) is 5.76 Å². The number of rotatable bonds is 5. The molecule has 33 heavy (non-hydrogen) atoms. The number of nitrogens with zero attached hydrogens (tertiary/aromatic N) is 2. The molecule has 0 aliphatic carbocycles. The highest BCUT2D eigenvalue weighted by molar-refractivity contribution is 6.46. The summed E-state index contributed by atoms with van der Waals surface area (Å²) < 4.78 is 22.4. The van der Waals surface area contributed by atoms with Crippen molar-refractivity contribution < 1.29 is 33.3 Å². The van der Waals surface area contributed by atoms with E-state index in [9.17, 15) is 14.7 Å². The second kappa shape index (κ2) is 8.92. The van der Waals surface area contributed by atoms with Gasteiger partial charge >= 0.3 is 0 Å². The molecule has 2 fully saturated rings. The average molecular weight is 454 g/mol. The van der Waals surface area contributed by atoms with Crippen molar-refractivity contribution in [2.24, 2.45) is 0 Å². The largest absolute Gasteiger partial charge is 0.507 e. The van der Waals surface area contributed by atoms with Crippen LogP contribution in [0.1, 0.15) is 23.1 Å². The number of ketones is 1. The van der Waals surface area contributed by atoms with Crippen LogP contribution in [0.3, 0.4) is 0 Å². The molecule has 174 valence electrons. The third-order valence-electron chi connectivity index (χ3n) is 6.15. The predicted octanol–water partition coefficient (Wildman–Crippen LogP) is 2.11. The van der Waals surface area contributed by atoms with Gasteiger partial charge in [-0.05, 0) is 37.3 Å². The number of carbonyl (C=O) groups is 2. The molecule has 2 saturated heterocycles. The topological polar surface area (TPSA) is 102 Å². The van der Waals surface area contributed by atoms with Gasteiger partial charge in [0.15, 0.2) is 11.5 Å². The number of aryl methyl sites for hydroxylation is 1. The predicted molar refractivity (Wildman–Crippen MR) is 117 cm³/mol. The SMILES string of the molecule is Cc1ccc([C@H]2C(=C(O)c3ccc4c(c3)OCCO4)C(=O)C(=O)N2CCN2CCOCC2)o1. The molecule has 9 heteroatoms. The number of fused-ring (bicyclic) bond motifs is 1.